The highest BCUT2D eigenvalue weighted by Gasteiger charge is 2.46. The largest absolute Gasteiger partial charge is 0.503 e. The van der Waals surface area contributed by atoms with Crippen molar-refractivity contribution >= 4 is 39.9 Å². The van der Waals surface area contributed by atoms with E-state index < -0.39 is 23.5 Å². The van der Waals surface area contributed by atoms with E-state index in [0.717, 1.165) is 12.0 Å². The Labute approximate surface area is 228 Å². The number of aliphatic hydroxyl groups excluding tert-OH is 1. The van der Waals surface area contributed by atoms with Crippen LogP contribution in [0.5, 0.6) is 5.75 Å². The molecule has 2 aromatic heterocycles. The van der Waals surface area contributed by atoms with Crippen molar-refractivity contribution in [2.45, 2.75) is 36.4 Å². The average Bonchev–Trinajstić information content (AvgIpc) is 3.65. The molecule has 38 heavy (non-hydrogen) atoms. The summed E-state index contributed by atoms with van der Waals surface area (Å²) in [7, 11) is 0. The lowest BCUT2D eigenvalue weighted by Gasteiger charge is -2.24. The van der Waals surface area contributed by atoms with Crippen molar-refractivity contribution in [1.29, 1.82) is 0 Å². The lowest BCUT2D eigenvalue weighted by Crippen LogP contribution is -2.31. The molecule has 0 saturated carbocycles. The molecule has 0 aliphatic carbocycles. The van der Waals surface area contributed by atoms with Crippen LogP contribution in [0.15, 0.2) is 86.8 Å². The first-order chi connectivity index (χ1) is 18.5. The molecule has 5 rings (SSSR count). The van der Waals surface area contributed by atoms with Crippen molar-refractivity contribution < 1.29 is 23.8 Å². The molecular formula is C28H25N3O5S2. The van der Waals surface area contributed by atoms with E-state index in [1.807, 2.05) is 43.3 Å². The number of aliphatic hydroxyl groups is 1. The summed E-state index contributed by atoms with van der Waals surface area (Å²) in [6, 6.07) is 19.4. The number of aromatic nitrogens is 2. The van der Waals surface area contributed by atoms with E-state index in [9.17, 15) is 14.7 Å². The lowest BCUT2D eigenvalue weighted by molar-refractivity contribution is -0.117. The number of ketones is 1. The van der Waals surface area contributed by atoms with E-state index in [0.29, 0.717) is 33.8 Å². The maximum absolute atomic E-state index is 13.5. The maximum atomic E-state index is 13.5. The van der Waals surface area contributed by atoms with E-state index in [1.54, 1.807) is 31.2 Å². The van der Waals surface area contributed by atoms with Crippen molar-refractivity contribution in [3.8, 4) is 5.75 Å². The number of hydrogen-bond donors (Lipinski definition) is 1. The van der Waals surface area contributed by atoms with E-state index in [2.05, 4.69) is 10.2 Å². The molecule has 0 fully saturated rings. The van der Waals surface area contributed by atoms with Gasteiger partial charge < -0.3 is 14.3 Å². The minimum Gasteiger partial charge on any atom is -0.503 e. The number of rotatable bonds is 10. The van der Waals surface area contributed by atoms with Crippen LogP contribution in [-0.4, -0.2) is 33.6 Å². The normalized spacial score (nSPS) is 15.4. The van der Waals surface area contributed by atoms with E-state index >= 15 is 0 Å². The van der Waals surface area contributed by atoms with Gasteiger partial charge in [-0.05, 0) is 48.7 Å². The van der Waals surface area contributed by atoms with Crippen molar-refractivity contribution in [3.63, 3.8) is 0 Å². The Kier molecular flexibility index (Phi) is 7.62. The molecule has 194 valence electrons. The molecule has 4 aromatic rings. The number of Topliss-reactive ketones (excluding diaryl/α,β-unsaturated/α-hetero) is 1. The number of nitrogens with zero attached hydrogens (tertiary/aromatic N) is 3. The third-order valence-electron chi connectivity index (χ3n) is 5.87. The number of anilines is 1. The average molecular weight is 548 g/mol. The highest BCUT2D eigenvalue weighted by molar-refractivity contribution is 8.00. The molecule has 1 N–H and O–H groups in total. The molecule has 1 amide bonds. The van der Waals surface area contributed by atoms with Crippen molar-refractivity contribution in [3.05, 3.63) is 101 Å². The Morgan fingerprint density at radius 1 is 1.13 bits per heavy atom. The third-order valence-corrected chi connectivity index (χ3v) is 8.00. The Hall–Kier alpha value is -3.89. The summed E-state index contributed by atoms with van der Waals surface area (Å²) in [6.45, 7) is 4.25. The van der Waals surface area contributed by atoms with E-state index in [1.165, 1.54) is 34.1 Å². The van der Waals surface area contributed by atoms with Crippen LogP contribution >= 0.6 is 23.1 Å². The number of carbonyl (C=O) groups is 2. The third kappa shape index (κ3) is 5.23. The molecule has 1 atom stereocenters. The number of thioether (sulfide) groups is 1. The molecule has 2 aromatic carbocycles. The first-order valence-electron chi connectivity index (χ1n) is 12.1. The minimum absolute atomic E-state index is 0.0402. The summed E-state index contributed by atoms with van der Waals surface area (Å²) in [6.07, 6.45) is 0.828. The van der Waals surface area contributed by atoms with Gasteiger partial charge in [0.05, 0.1) is 18.2 Å². The Balaban J connectivity index is 1.51. The van der Waals surface area contributed by atoms with Crippen molar-refractivity contribution in [1.82, 2.24) is 10.2 Å². The molecule has 0 radical (unpaired) electrons. The zero-order valence-electron chi connectivity index (χ0n) is 20.8. The van der Waals surface area contributed by atoms with Crippen LogP contribution in [0.25, 0.3) is 0 Å². The Morgan fingerprint density at radius 2 is 1.95 bits per heavy atom. The molecule has 0 spiro atoms. The van der Waals surface area contributed by atoms with E-state index in [4.69, 9.17) is 9.15 Å². The number of amides is 1. The van der Waals surface area contributed by atoms with Crippen molar-refractivity contribution in [2.75, 3.05) is 11.5 Å². The van der Waals surface area contributed by atoms with Gasteiger partial charge in [-0.2, -0.15) is 0 Å². The highest BCUT2D eigenvalue weighted by atomic mass is 32.2. The Bertz CT molecular complexity index is 1490. The predicted octanol–water partition coefficient (Wildman–Crippen LogP) is 6.30. The van der Waals surface area contributed by atoms with Crippen LogP contribution < -0.4 is 9.64 Å². The second-order valence-corrected chi connectivity index (χ2v) is 10.8. The summed E-state index contributed by atoms with van der Waals surface area (Å²) in [5, 5.41) is 19.8. The van der Waals surface area contributed by atoms with Crippen LogP contribution in [0, 0.1) is 6.92 Å². The van der Waals surface area contributed by atoms with Gasteiger partial charge in [0.1, 0.15) is 11.5 Å². The first-order valence-corrected chi connectivity index (χ1v) is 13.9. The fraction of sp³-hybridized carbons (Fsp3) is 0.214. The molecule has 1 aliphatic rings. The quantitative estimate of drug-likeness (QED) is 0.140. The van der Waals surface area contributed by atoms with Gasteiger partial charge >= 0.3 is 0 Å². The number of ether oxygens (including phenoxy) is 1. The summed E-state index contributed by atoms with van der Waals surface area (Å²) in [5.74, 6) is -0.0577. The van der Waals surface area contributed by atoms with Crippen LogP contribution in [0.1, 0.15) is 46.8 Å². The molecular weight excluding hydrogens is 522 g/mol. The van der Waals surface area contributed by atoms with Crippen LogP contribution in [0.3, 0.4) is 0 Å². The summed E-state index contributed by atoms with van der Waals surface area (Å²) < 4.78 is 12.0. The van der Waals surface area contributed by atoms with Gasteiger partial charge in [0.2, 0.25) is 10.9 Å². The topological polar surface area (TPSA) is 106 Å². The monoisotopic (exact) mass is 547 g/mol. The predicted molar refractivity (Wildman–Crippen MR) is 146 cm³/mol. The maximum Gasteiger partial charge on any atom is 0.296 e. The van der Waals surface area contributed by atoms with Gasteiger partial charge in [-0.1, -0.05) is 72.5 Å². The van der Waals surface area contributed by atoms with Crippen LogP contribution in [0.4, 0.5) is 5.13 Å². The zero-order chi connectivity index (χ0) is 26.6. The highest BCUT2D eigenvalue weighted by Crippen LogP contribution is 2.44. The minimum atomic E-state index is -0.939. The SMILES string of the molecule is CCCOc1cccc(C2C(C(=O)c3ccc(C)o3)=C(O)C(=O)N2c2nnc(SCc3ccccc3)s2)c1. The van der Waals surface area contributed by atoms with Gasteiger partial charge in [0.15, 0.2) is 15.9 Å². The number of aryl methyl sites for hydroxylation is 1. The first kappa shape index (κ1) is 25.7. The standard InChI is InChI=1S/C28H25N3O5S2/c1-3-14-35-20-11-7-10-19(15-20)23-22(24(32)21-13-12-17(2)36-21)25(33)26(34)31(23)27-29-30-28(38-27)37-16-18-8-5-4-6-9-18/h4-13,15,23,33H,3,14,16H2,1-2H3. The van der Waals surface area contributed by atoms with Gasteiger partial charge in [0, 0.05) is 5.75 Å². The van der Waals surface area contributed by atoms with Crippen LogP contribution in [0.2, 0.25) is 0 Å². The smallest absolute Gasteiger partial charge is 0.296 e. The van der Waals surface area contributed by atoms with Gasteiger partial charge in [0.25, 0.3) is 5.91 Å². The Morgan fingerprint density at radius 3 is 2.68 bits per heavy atom. The lowest BCUT2D eigenvalue weighted by atomic mass is 9.95. The molecule has 3 heterocycles. The van der Waals surface area contributed by atoms with Gasteiger partial charge in [-0.15, -0.1) is 10.2 Å². The summed E-state index contributed by atoms with van der Waals surface area (Å²) >= 11 is 2.73. The van der Waals surface area contributed by atoms with Gasteiger partial charge in [-0.25, -0.2) is 0 Å². The molecule has 1 unspecified atom stereocenters. The molecule has 8 nitrogen and oxygen atoms in total. The van der Waals surface area contributed by atoms with Crippen molar-refractivity contribution in [2.24, 2.45) is 0 Å². The second-order valence-electron chi connectivity index (χ2n) is 8.63. The summed E-state index contributed by atoms with van der Waals surface area (Å²) in [4.78, 5) is 28.3. The van der Waals surface area contributed by atoms with Gasteiger partial charge in [-0.3, -0.25) is 14.5 Å². The molecule has 10 heteroatoms. The number of furan rings is 1. The second kappa shape index (κ2) is 11.2. The van der Waals surface area contributed by atoms with E-state index in [-0.39, 0.29) is 16.5 Å². The number of hydrogen-bond acceptors (Lipinski definition) is 9. The fourth-order valence-electron chi connectivity index (χ4n) is 4.11. The summed E-state index contributed by atoms with van der Waals surface area (Å²) in [5.41, 5.74) is 1.65. The number of carbonyl (C=O) groups excluding carboxylic acids is 2. The fourth-order valence-corrected chi connectivity index (χ4v) is 5.93. The van der Waals surface area contributed by atoms with Crippen LogP contribution in [-0.2, 0) is 10.5 Å². The zero-order valence-corrected chi connectivity index (χ0v) is 22.4. The molecule has 0 saturated heterocycles. The number of benzene rings is 2. The molecule has 1 aliphatic heterocycles. The molecule has 0 bridgehead atoms.